The van der Waals surface area contributed by atoms with Crippen LogP contribution >= 0.6 is 0 Å². The van der Waals surface area contributed by atoms with Gasteiger partial charge >= 0.3 is 0 Å². The van der Waals surface area contributed by atoms with Crippen molar-refractivity contribution in [1.29, 1.82) is 0 Å². The lowest BCUT2D eigenvalue weighted by molar-refractivity contribution is 0.578. The summed E-state index contributed by atoms with van der Waals surface area (Å²) in [5.74, 6) is 0. The van der Waals surface area contributed by atoms with E-state index in [1.807, 2.05) is 0 Å². The van der Waals surface area contributed by atoms with Crippen LogP contribution < -0.4 is 4.13 Å². The van der Waals surface area contributed by atoms with Gasteiger partial charge in [0.25, 0.3) is 10.0 Å². The fourth-order valence-corrected chi connectivity index (χ4v) is 3.36. The average molecular weight is 250 g/mol. The third-order valence-electron chi connectivity index (χ3n) is 1.45. The Morgan fingerprint density at radius 1 is 1.33 bits per heavy atom. The van der Waals surface area contributed by atoms with Gasteiger partial charge in [-0.1, -0.05) is 6.58 Å². The number of aromatic nitrogens is 1. The van der Waals surface area contributed by atoms with Crippen LogP contribution in [0.25, 0.3) is 6.08 Å². The van der Waals surface area contributed by atoms with Crippen molar-refractivity contribution < 1.29 is 16.8 Å². The zero-order chi connectivity index (χ0) is 11.7. The van der Waals surface area contributed by atoms with Gasteiger partial charge in [0.15, 0.2) is 0 Å². The Morgan fingerprint density at radius 3 is 2.33 bits per heavy atom. The third-order valence-corrected chi connectivity index (χ3v) is 4.36. The molecule has 6 nitrogen and oxygen atoms in total. The van der Waals surface area contributed by atoms with Gasteiger partial charge in [-0.25, -0.2) is 16.8 Å². The first-order chi connectivity index (χ1) is 6.74. The summed E-state index contributed by atoms with van der Waals surface area (Å²) in [6.07, 6.45) is 2.18. The number of rotatable bonds is 4. The minimum absolute atomic E-state index is 0.220. The minimum atomic E-state index is -4.05. The Bertz CT molecular complexity index is 568. The van der Waals surface area contributed by atoms with Gasteiger partial charge in [-0.05, 0) is 18.2 Å². The maximum Gasteiger partial charge on any atom is 0.268 e. The third kappa shape index (κ3) is 3.18. The molecule has 0 atom stereocenters. The highest BCUT2D eigenvalue weighted by molar-refractivity contribution is 8.04. The molecule has 15 heavy (non-hydrogen) atoms. The molecule has 0 aliphatic heterocycles. The quantitative estimate of drug-likeness (QED) is 0.779. The van der Waals surface area contributed by atoms with Crippen LogP contribution in [0.3, 0.4) is 0 Å². The highest BCUT2D eigenvalue weighted by Crippen LogP contribution is 2.09. The summed E-state index contributed by atoms with van der Waals surface area (Å²) in [4.78, 5) is 2.49. The summed E-state index contributed by atoms with van der Waals surface area (Å²) < 4.78 is 45.9. The molecule has 2 N–H and O–H groups in total. The predicted octanol–water partition coefficient (Wildman–Crippen LogP) is -0.104. The summed E-state index contributed by atoms with van der Waals surface area (Å²) in [5, 5.41) is -0.220. The molecule has 0 aliphatic carbocycles. The lowest BCUT2D eigenvalue weighted by Gasteiger charge is -2.01. The topological polar surface area (TPSA) is 96.1 Å². The molecule has 0 bridgehead atoms. The summed E-state index contributed by atoms with van der Waals surface area (Å²) >= 11 is 0. The largest absolute Gasteiger partial charge is 0.345 e. The van der Waals surface area contributed by atoms with E-state index in [4.69, 9.17) is 0 Å². The molecule has 1 aromatic heterocycles. The molecule has 0 saturated carbocycles. The Hall–Kier alpha value is -1.12. The molecule has 0 aromatic carbocycles. The molecule has 1 heterocycles. The van der Waals surface area contributed by atoms with E-state index >= 15 is 0 Å². The number of sulfonamides is 2. The molecule has 0 saturated heterocycles. The fraction of sp³-hybridized carbons (Fsp3) is 0.143. The van der Waals surface area contributed by atoms with Crippen molar-refractivity contribution in [3.8, 4) is 0 Å². The monoisotopic (exact) mass is 250 g/mol. The smallest absolute Gasteiger partial charge is 0.268 e. The first-order valence-electron chi connectivity index (χ1n) is 3.79. The van der Waals surface area contributed by atoms with Crippen LogP contribution in [0.15, 0.2) is 23.7 Å². The van der Waals surface area contributed by atoms with Crippen LogP contribution in [-0.2, 0) is 20.0 Å². The molecule has 1 rings (SSSR count). The van der Waals surface area contributed by atoms with Crippen LogP contribution in [0, 0.1) is 0 Å². The van der Waals surface area contributed by atoms with Crippen LogP contribution in [0.1, 0.15) is 5.69 Å². The molecule has 0 spiro atoms. The van der Waals surface area contributed by atoms with Gasteiger partial charge in [-0.2, -0.15) is 0 Å². The fourth-order valence-electron chi connectivity index (χ4n) is 0.911. The van der Waals surface area contributed by atoms with E-state index in [0.717, 1.165) is 6.26 Å². The number of hydrogen-bond acceptors (Lipinski definition) is 4. The summed E-state index contributed by atoms with van der Waals surface area (Å²) in [6.45, 7) is 3.44. The van der Waals surface area contributed by atoms with Crippen LogP contribution in [0.5, 0.6) is 0 Å². The number of hydrogen-bond donors (Lipinski definition) is 2. The van der Waals surface area contributed by atoms with E-state index in [0.29, 0.717) is 5.69 Å². The van der Waals surface area contributed by atoms with Gasteiger partial charge in [0, 0.05) is 5.69 Å². The molecule has 0 radical (unpaired) electrons. The van der Waals surface area contributed by atoms with Gasteiger partial charge in [-0.3, -0.25) is 0 Å². The standard InChI is InChI=1S/C7H10N2O4S2/c1-3-6-4-5-7(8-6)15(12,13)9-14(2,10)11/h3-5,8-9H,1H2,2H3. The number of nitrogens with one attached hydrogen (secondary N) is 2. The van der Waals surface area contributed by atoms with Crippen molar-refractivity contribution in [2.45, 2.75) is 5.03 Å². The van der Waals surface area contributed by atoms with Gasteiger partial charge < -0.3 is 4.98 Å². The van der Waals surface area contributed by atoms with Crippen molar-refractivity contribution in [3.05, 3.63) is 24.4 Å². The van der Waals surface area contributed by atoms with Crippen LogP contribution in [0.4, 0.5) is 0 Å². The first kappa shape index (κ1) is 12.0. The van der Waals surface area contributed by atoms with Crippen molar-refractivity contribution >= 4 is 26.1 Å². The molecule has 8 heteroatoms. The van der Waals surface area contributed by atoms with Gasteiger partial charge in [0.05, 0.1) is 6.26 Å². The molecule has 0 fully saturated rings. The maximum absolute atomic E-state index is 11.4. The minimum Gasteiger partial charge on any atom is -0.345 e. The van der Waals surface area contributed by atoms with Crippen LogP contribution in [-0.4, -0.2) is 28.1 Å². The molecule has 0 unspecified atom stereocenters. The van der Waals surface area contributed by atoms with Crippen LogP contribution in [0.2, 0.25) is 0 Å². The summed E-state index contributed by atoms with van der Waals surface area (Å²) in [5.41, 5.74) is 0.490. The van der Waals surface area contributed by atoms with E-state index < -0.39 is 20.0 Å². The highest BCUT2D eigenvalue weighted by Gasteiger charge is 2.20. The predicted molar refractivity (Wildman–Crippen MR) is 56.0 cm³/mol. The molecular formula is C7H10N2O4S2. The second-order valence-electron chi connectivity index (χ2n) is 2.84. The van der Waals surface area contributed by atoms with E-state index in [-0.39, 0.29) is 5.03 Å². The zero-order valence-electron chi connectivity index (χ0n) is 7.89. The lowest BCUT2D eigenvalue weighted by atomic mass is 10.4. The Morgan fingerprint density at radius 2 is 1.93 bits per heavy atom. The Kier molecular flexibility index (Phi) is 3.03. The molecule has 0 amide bonds. The SMILES string of the molecule is C=Cc1ccc(S(=O)(=O)NS(C)(=O)=O)[nH]1. The molecule has 84 valence electrons. The molecular weight excluding hydrogens is 240 g/mol. The van der Waals surface area contributed by atoms with Crippen molar-refractivity contribution in [3.63, 3.8) is 0 Å². The summed E-state index contributed by atoms with van der Waals surface area (Å²) in [7, 11) is -7.86. The van der Waals surface area contributed by atoms with Crippen molar-refractivity contribution in [1.82, 2.24) is 9.11 Å². The maximum atomic E-state index is 11.4. The van der Waals surface area contributed by atoms with E-state index in [1.54, 1.807) is 0 Å². The lowest BCUT2D eigenvalue weighted by Crippen LogP contribution is -2.29. The van der Waals surface area contributed by atoms with E-state index in [2.05, 4.69) is 11.6 Å². The van der Waals surface area contributed by atoms with Crippen molar-refractivity contribution in [2.24, 2.45) is 0 Å². The van der Waals surface area contributed by atoms with Crippen molar-refractivity contribution in [2.75, 3.05) is 6.26 Å². The second kappa shape index (κ2) is 3.80. The molecule has 0 aliphatic rings. The van der Waals surface area contributed by atoms with Gasteiger partial charge in [0.2, 0.25) is 10.0 Å². The Labute approximate surface area is 88.1 Å². The summed E-state index contributed by atoms with van der Waals surface area (Å²) in [6, 6.07) is 2.73. The van der Waals surface area contributed by atoms with E-state index in [1.165, 1.54) is 22.3 Å². The Balaban J connectivity index is 3.12. The van der Waals surface area contributed by atoms with Gasteiger partial charge in [-0.15, -0.1) is 4.13 Å². The van der Waals surface area contributed by atoms with Gasteiger partial charge in [0.1, 0.15) is 5.03 Å². The average Bonchev–Trinajstić information content (AvgIpc) is 2.47. The van der Waals surface area contributed by atoms with E-state index in [9.17, 15) is 16.8 Å². The second-order valence-corrected chi connectivity index (χ2v) is 6.50. The molecule has 1 aromatic rings. The normalized spacial score (nSPS) is 12.6. The first-order valence-corrected chi connectivity index (χ1v) is 7.17. The number of H-pyrrole nitrogens is 1. The zero-order valence-corrected chi connectivity index (χ0v) is 9.52. The number of aromatic amines is 1. The highest BCUT2D eigenvalue weighted by atomic mass is 32.3.